The summed E-state index contributed by atoms with van der Waals surface area (Å²) in [5.74, 6) is 1.21. The second kappa shape index (κ2) is 6.00. The third kappa shape index (κ3) is 5.02. The molecule has 0 nitrogen and oxygen atoms in total. The minimum atomic E-state index is 0.107. The molecule has 0 bridgehead atoms. The van der Waals surface area contributed by atoms with Gasteiger partial charge in [-0.3, -0.25) is 0 Å². The average Bonchev–Trinajstić information content (AvgIpc) is 1.83. The Morgan fingerprint density at radius 1 is 1.25 bits per heavy atom. The van der Waals surface area contributed by atoms with Gasteiger partial charge in [-0.05, 0) is 12.8 Å². The number of hydrogen-bond donors (Lipinski definition) is 0. The van der Waals surface area contributed by atoms with E-state index in [1.165, 1.54) is 0 Å². The summed E-state index contributed by atoms with van der Waals surface area (Å²) in [5.41, 5.74) is 0. The van der Waals surface area contributed by atoms with Gasteiger partial charge in [0.05, 0.1) is 0 Å². The summed E-state index contributed by atoms with van der Waals surface area (Å²) in [6.07, 6.45) is 1.89. The van der Waals surface area contributed by atoms with Gasteiger partial charge in [0, 0.05) is 17.1 Å². The summed E-state index contributed by atoms with van der Waals surface area (Å²) in [6.45, 7) is 0. The Bertz CT molecular complexity index is 46.9. The van der Waals surface area contributed by atoms with Crippen LogP contribution in [0.4, 0.5) is 0 Å². The van der Waals surface area contributed by atoms with Gasteiger partial charge < -0.3 is 0 Å². The number of hydrogen-bond acceptors (Lipinski definition) is 0. The van der Waals surface area contributed by atoms with E-state index in [-0.39, 0.29) is 5.38 Å². The Morgan fingerprint density at radius 3 is 2.25 bits per heavy atom. The lowest BCUT2D eigenvalue weighted by Crippen LogP contribution is -1.99. The van der Waals surface area contributed by atoms with Crippen LogP contribution in [0.25, 0.3) is 0 Å². The molecule has 50 valence electrons. The van der Waals surface area contributed by atoms with Gasteiger partial charge in [0.2, 0.25) is 0 Å². The van der Waals surface area contributed by atoms with Crippen molar-refractivity contribution >= 4 is 34.8 Å². The fourth-order valence-electron chi connectivity index (χ4n) is 0.376. The van der Waals surface area contributed by atoms with Crippen LogP contribution in [-0.4, -0.2) is 17.1 Å². The smallest absolute Gasteiger partial charge is 0.0471 e. The Morgan fingerprint density at radius 2 is 1.88 bits per heavy atom. The molecule has 0 aliphatic carbocycles. The molecule has 0 saturated heterocycles. The fourth-order valence-corrected chi connectivity index (χ4v) is 0.839. The van der Waals surface area contributed by atoms with Crippen molar-refractivity contribution in [2.75, 3.05) is 11.8 Å². The SMILES string of the molecule is ClCCCC(Cl)CCl. The molecular formula is C5H9Cl3. The number of rotatable bonds is 4. The average molecular weight is 175 g/mol. The summed E-state index contributed by atoms with van der Waals surface area (Å²) in [5, 5.41) is 0.107. The van der Waals surface area contributed by atoms with E-state index in [0.29, 0.717) is 11.8 Å². The lowest BCUT2D eigenvalue weighted by atomic mass is 10.3. The molecule has 0 aromatic rings. The predicted octanol–water partition coefficient (Wildman–Crippen LogP) is 2.85. The van der Waals surface area contributed by atoms with Crippen LogP contribution >= 0.6 is 34.8 Å². The predicted molar refractivity (Wildman–Crippen MR) is 40.3 cm³/mol. The first kappa shape index (κ1) is 8.87. The Hall–Kier alpha value is 0.870. The third-order valence-electron chi connectivity index (χ3n) is 0.818. The van der Waals surface area contributed by atoms with Gasteiger partial charge in [-0.15, -0.1) is 34.8 Å². The third-order valence-corrected chi connectivity index (χ3v) is 1.99. The molecule has 0 spiro atoms. The largest absolute Gasteiger partial charge is 0.127 e. The standard InChI is InChI=1S/C5H9Cl3/c6-3-1-2-5(8)4-7/h5H,1-4H2. The molecule has 1 unspecified atom stereocenters. The minimum absolute atomic E-state index is 0.107. The highest BCUT2D eigenvalue weighted by Crippen LogP contribution is 2.07. The van der Waals surface area contributed by atoms with Crippen molar-refractivity contribution in [3.63, 3.8) is 0 Å². The normalized spacial score (nSPS) is 13.9. The molecule has 0 fully saturated rings. The van der Waals surface area contributed by atoms with E-state index in [2.05, 4.69) is 0 Å². The molecule has 0 N–H and O–H groups in total. The van der Waals surface area contributed by atoms with Crippen molar-refractivity contribution in [2.24, 2.45) is 0 Å². The maximum atomic E-state index is 5.65. The van der Waals surface area contributed by atoms with Crippen LogP contribution in [0, 0.1) is 0 Å². The minimum Gasteiger partial charge on any atom is -0.127 e. The molecule has 0 aromatic carbocycles. The van der Waals surface area contributed by atoms with Crippen molar-refractivity contribution in [3.8, 4) is 0 Å². The lowest BCUT2D eigenvalue weighted by molar-refractivity contribution is 0.788. The van der Waals surface area contributed by atoms with Crippen LogP contribution in [0.1, 0.15) is 12.8 Å². The molecule has 8 heavy (non-hydrogen) atoms. The van der Waals surface area contributed by atoms with Gasteiger partial charge in [-0.25, -0.2) is 0 Å². The van der Waals surface area contributed by atoms with E-state index in [1.807, 2.05) is 0 Å². The second-order valence-corrected chi connectivity index (χ2v) is 2.89. The first-order chi connectivity index (χ1) is 3.81. The Balaban J connectivity index is 2.86. The van der Waals surface area contributed by atoms with Crippen molar-refractivity contribution in [1.82, 2.24) is 0 Å². The molecule has 3 heteroatoms. The Kier molecular flexibility index (Phi) is 6.65. The highest BCUT2D eigenvalue weighted by atomic mass is 35.5. The van der Waals surface area contributed by atoms with Crippen LogP contribution < -0.4 is 0 Å². The van der Waals surface area contributed by atoms with Crippen LogP contribution in [0.2, 0.25) is 0 Å². The monoisotopic (exact) mass is 174 g/mol. The van der Waals surface area contributed by atoms with Crippen molar-refractivity contribution in [3.05, 3.63) is 0 Å². The topological polar surface area (TPSA) is 0 Å². The maximum Gasteiger partial charge on any atom is 0.0471 e. The highest BCUT2D eigenvalue weighted by molar-refractivity contribution is 6.28. The van der Waals surface area contributed by atoms with Gasteiger partial charge in [-0.2, -0.15) is 0 Å². The van der Waals surface area contributed by atoms with E-state index in [1.54, 1.807) is 0 Å². The van der Waals surface area contributed by atoms with Crippen LogP contribution in [-0.2, 0) is 0 Å². The molecule has 0 aromatic heterocycles. The second-order valence-electron chi connectivity index (χ2n) is 1.58. The summed E-state index contributed by atoms with van der Waals surface area (Å²) < 4.78 is 0. The molecule has 0 rings (SSSR count). The molecule has 0 radical (unpaired) electrons. The number of halogens is 3. The van der Waals surface area contributed by atoms with E-state index < -0.39 is 0 Å². The van der Waals surface area contributed by atoms with E-state index in [4.69, 9.17) is 34.8 Å². The quantitative estimate of drug-likeness (QED) is 0.577. The van der Waals surface area contributed by atoms with Crippen LogP contribution in [0.5, 0.6) is 0 Å². The molecule has 0 aliphatic heterocycles. The Labute approximate surface area is 65.1 Å². The molecule has 1 atom stereocenters. The first-order valence-electron chi connectivity index (χ1n) is 2.57. The van der Waals surface area contributed by atoms with Crippen LogP contribution in [0.3, 0.4) is 0 Å². The zero-order chi connectivity index (χ0) is 6.41. The fraction of sp³-hybridized carbons (Fsp3) is 1.00. The van der Waals surface area contributed by atoms with E-state index in [9.17, 15) is 0 Å². The van der Waals surface area contributed by atoms with Gasteiger partial charge in [0.15, 0.2) is 0 Å². The van der Waals surface area contributed by atoms with Gasteiger partial charge in [-0.1, -0.05) is 0 Å². The summed E-state index contributed by atoms with van der Waals surface area (Å²) in [4.78, 5) is 0. The molecular weight excluding hydrogens is 166 g/mol. The zero-order valence-corrected chi connectivity index (χ0v) is 6.81. The van der Waals surface area contributed by atoms with Gasteiger partial charge in [0.25, 0.3) is 0 Å². The summed E-state index contributed by atoms with van der Waals surface area (Å²) in [6, 6.07) is 0. The van der Waals surface area contributed by atoms with E-state index in [0.717, 1.165) is 12.8 Å². The maximum absolute atomic E-state index is 5.65. The van der Waals surface area contributed by atoms with Crippen molar-refractivity contribution in [2.45, 2.75) is 18.2 Å². The summed E-state index contributed by atoms with van der Waals surface area (Å²) in [7, 11) is 0. The van der Waals surface area contributed by atoms with Crippen LogP contribution in [0.15, 0.2) is 0 Å². The molecule has 0 aliphatic rings. The van der Waals surface area contributed by atoms with Crippen molar-refractivity contribution in [1.29, 1.82) is 0 Å². The van der Waals surface area contributed by atoms with Gasteiger partial charge in [0.1, 0.15) is 0 Å². The molecule has 0 heterocycles. The molecule has 0 amide bonds. The number of alkyl halides is 3. The van der Waals surface area contributed by atoms with Gasteiger partial charge >= 0.3 is 0 Å². The van der Waals surface area contributed by atoms with E-state index >= 15 is 0 Å². The van der Waals surface area contributed by atoms with Crippen molar-refractivity contribution < 1.29 is 0 Å². The summed E-state index contributed by atoms with van der Waals surface area (Å²) >= 11 is 16.5. The zero-order valence-electron chi connectivity index (χ0n) is 4.54. The first-order valence-corrected chi connectivity index (χ1v) is 4.07. The lowest BCUT2D eigenvalue weighted by Gasteiger charge is -2.00. The molecule has 0 saturated carbocycles. The highest BCUT2D eigenvalue weighted by Gasteiger charge is 1.99.